The van der Waals surface area contributed by atoms with Gasteiger partial charge in [0.15, 0.2) is 0 Å². The van der Waals surface area contributed by atoms with Crippen molar-refractivity contribution in [1.82, 2.24) is 21.3 Å². The molecule has 7 N–H and O–H groups in total. The van der Waals surface area contributed by atoms with E-state index in [-0.39, 0.29) is 48.3 Å². The van der Waals surface area contributed by atoms with Crippen LogP contribution in [0.2, 0.25) is 0 Å². The number of carbonyl (C=O) groups is 5. The van der Waals surface area contributed by atoms with Crippen LogP contribution in [0, 0.1) is 0 Å². The van der Waals surface area contributed by atoms with E-state index in [2.05, 4.69) is 26.0 Å². The van der Waals surface area contributed by atoms with Crippen LogP contribution in [0.5, 0.6) is 5.75 Å². The fourth-order valence-corrected chi connectivity index (χ4v) is 5.52. The molecule has 2 rings (SSSR count). The van der Waals surface area contributed by atoms with E-state index in [1.165, 1.54) is 18.9 Å². The Kier molecular flexibility index (Phi) is 20.2. The number of halogens is 1. The number of ether oxygens (including phenoxy) is 1. The molecule has 0 aromatic heterocycles. The minimum Gasteiger partial charge on any atom is -0.508 e. The summed E-state index contributed by atoms with van der Waals surface area (Å²) in [7, 11) is 1.34. The Labute approximate surface area is 306 Å². The number of carbonyl (C=O) groups excluding carboxylic acids is 5. The third kappa shape index (κ3) is 16.3. The standard InChI is InChI=1S/C36H53N5O7S.ClH/c1-36(2,3)26-20-25(15-16-30(26)42)21-27(37)33(45)41-28(17-19-49-5)34(46)39-23-31(43)40-29(22-24-12-8-6-9-13-24)35(47)38-18-11-7-10-14-32(44)48-4;/h6,8-9,12-13,15-16,20,27-29,42H,7,10-11,14,17-19,21-23,37H2,1-5H3,(H,38,47)(H,39,46)(H,40,43)(H,41,45);1H/t27-,28-,29+;/m1./s1. The zero-order valence-electron chi connectivity index (χ0n) is 29.7. The average Bonchev–Trinajstić information content (AvgIpc) is 3.07. The third-order valence-electron chi connectivity index (χ3n) is 7.85. The van der Waals surface area contributed by atoms with Gasteiger partial charge in [0.25, 0.3) is 0 Å². The van der Waals surface area contributed by atoms with Crippen LogP contribution in [0.1, 0.15) is 69.6 Å². The minimum atomic E-state index is -0.949. The number of methoxy groups -OCH3 is 1. The first-order chi connectivity index (χ1) is 23.2. The molecule has 2 aromatic rings. The number of hydrogen-bond donors (Lipinski definition) is 6. The smallest absolute Gasteiger partial charge is 0.305 e. The number of benzene rings is 2. The number of hydrogen-bond acceptors (Lipinski definition) is 9. The second-order valence-electron chi connectivity index (χ2n) is 13.0. The zero-order valence-corrected chi connectivity index (χ0v) is 31.3. The van der Waals surface area contributed by atoms with Gasteiger partial charge in [-0.05, 0) is 65.9 Å². The number of aromatic hydroxyl groups is 1. The third-order valence-corrected chi connectivity index (χ3v) is 8.49. The molecule has 0 radical (unpaired) electrons. The van der Waals surface area contributed by atoms with Gasteiger partial charge in [0, 0.05) is 19.4 Å². The van der Waals surface area contributed by atoms with E-state index in [0.29, 0.717) is 38.0 Å². The molecular weight excluding hydrogens is 682 g/mol. The van der Waals surface area contributed by atoms with Crippen molar-refractivity contribution in [1.29, 1.82) is 0 Å². The fraction of sp³-hybridized carbons (Fsp3) is 0.528. The van der Waals surface area contributed by atoms with Crippen molar-refractivity contribution in [3.8, 4) is 5.75 Å². The summed E-state index contributed by atoms with van der Waals surface area (Å²) in [6.07, 6.45) is 5.00. The Hall–Kier alpha value is -3.81. The van der Waals surface area contributed by atoms with E-state index < -0.39 is 42.4 Å². The van der Waals surface area contributed by atoms with Crippen molar-refractivity contribution in [2.24, 2.45) is 5.73 Å². The van der Waals surface area contributed by atoms with E-state index in [9.17, 15) is 29.1 Å². The van der Waals surface area contributed by atoms with Crippen LogP contribution in [0.3, 0.4) is 0 Å². The van der Waals surface area contributed by atoms with Gasteiger partial charge in [-0.1, -0.05) is 69.7 Å². The highest BCUT2D eigenvalue weighted by Crippen LogP contribution is 2.31. The summed E-state index contributed by atoms with van der Waals surface area (Å²) in [6.45, 7) is 5.91. The van der Waals surface area contributed by atoms with E-state index in [1.54, 1.807) is 12.1 Å². The molecule has 14 heteroatoms. The molecule has 12 nitrogen and oxygen atoms in total. The number of nitrogens with two attached hydrogens (primary N) is 1. The summed E-state index contributed by atoms with van der Waals surface area (Å²) < 4.78 is 4.64. The Morgan fingerprint density at radius 3 is 2.18 bits per heavy atom. The lowest BCUT2D eigenvalue weighted by Crippen LogP contribution is -2.54. The minimum absolute atomic E-state index is 0. The number of phenols is 1. The first-order valence-electron chi connectivity index (χ1n) is 16.6. The van der Waals surface area contributed by atoms with Gasteiger partial charge < -0.3 is 36.8 Å². The van der Waals surface area contributed by atoms with Gasteiger partial charge in [0.1, 0.15) is 17.8 Å². The molecule has 0 saturated heterocycles. The lowest BCUT2D eigenvalue weighted by atomic mass is 9.85. The average molecular weight is 736 g/mol. The van der Waals surface area contributed by atoms with E-state index in [4.69, 9.17) is 5.73 Å². The van der Waals surface area contributed by atoms with E-state index >= 15 is 0 Å². The Bertz CT molecular complexity index is 1390. The van der Waals surface area contributed by atoms with Gasteiger partial charge in [0.05, 0.1) is 19.7 Å². The maximum Gasteiger partial charge on any atom is 0.305 e. The molecule has 0 bridgehead atoms. The molecule has 0 aliphatic rings. The molecule has 0 heterocycles. The second-order valence-corrected chi connectivity index (χ2v) is 13.9. The molecular formula is C36H54ClN5O7S. The molecule has 4 amide bonds. The summed E-state index contributed by atoms with van der Waals surface area (Å²) in [5.41, 5.74) is 8.30. The van der Waals surface area contributed by atoms with Crippen molar-refractivity contribution in [3.63, 3.8) is 0 Å². The summed E-state index contributed by atoms with van der Waals surface area (Å²) in [5, 5.41) is 21.2. The first kappa shape index (κ1) is 44.2. The number of thioether (sulfide) groups is 1. The predicted molar refractivity (Wildman–Crippen MR) is 199 cm³/mol. The molecule has 50 heavy (non-hydrogen) atoms. The van der Waals surface area contributed by atoms with Crippen LogP contribution in [-0.4, -0.2) is 85.0 Å². The van der Waals surface area contributed by atoms with Gasteiger partial charge in [-0.3, -0.25) is 24.0 Å². The van der Waals surface area contributed by atoms with Crippen LogP contribution in [0.15, 0.2) is 48.5 Å². The quantitative estimate of drug-likeness (QED) is 0.0878. The van der Waals surface area contributed by atoms with Crippen molar-refractivity contribution < 1.29 is 33.8 Å². The topological polar surface area (TPSA) is 189 Å². The molecule has 0 aliphatic heterocycles. The molecule has 0 aliphatic carbocycles. The number of rotatable bonds is 20. The maximum absolute atomic E-state index is 13.2. The molecule has 0 fully saturated rings. The number of unbranched alkanes of at least 4 members (excludes halogenated alkanes) is 2. The highest BCUT2D eigenvalue weighted by Gasteiger charge is 2.26. The molecule has 0 unspecified atom stereocenters. The molecule has 0 spiro atoms. The summed E-state index contributed by atoms with van der Waals surface area (Å²) >= 11 is 1.51. The Balaban J connectivity index is 0.0000125. The summed E-state index contributed by atoms with van der Waals surface area (Å²) in [6, 6.07) is 11.6. The molecule has 0 saturated carbocycles. The van der Waals surface area contributed by atoms with Gasteiger partial charge in [0.2, 0.25) is 23.6 Å². The van der Waals surface area contributed by atoms with Gasteiger partial charge in [-0.25, -0.2) is 0 Å². The van der Waals surface area contributed by atoms with Crippen LogP contribution in [-0.2, 0) is 47.0 Å². The van der Waals surface area contributed by atoms with Crippen LogP contribution in [0.4, 0.5) is 0 Å². The van der Waals surface area contributed by atoms with Gasteiger partial charge >= 0.3 is 5.97 Å². The van der Waals surface area contributed by atoms with Crippen LogP contribution in [0.25, 0.3) is 0 Å². The normalized spacial score (nSPS) is 12.8. The highest BCUT2D eigenvalue weighted by molar-refractivity contribution is 7.98. The lowest BCUT2D eigenvalue weighted by Gasteiger charge is -2.23. The number of phenolic OH excluding ortho intramolecular Hbond substituents is 1. The first-order valence-corrected chi connectivity index (χ1v) is 18.0. The van der Waals surface area contributed by atoms with E-state index in [1.807, 2.05) is 63.4 Å². The van der Waals surface area contributed by atoms with Gasteiger partial charge in [-0.15, -0.1) is 12.4 Å². The Morgan fingerprint density at radius 2 is 1.54 bits per heavy atom. The molecule has 278 valence electrons. The van der Waals surface area contributed by atoms with Crippen LogP contribution < -0.4 is 27.0 Å². The SMILES string of the molecule is COC(=O)CCCCCNC(=O)[C@H](Cc1ccccc1)NC(=O)CNC(=O)[C@@H](CCSC)NC(=O)[C@H](N)Cc1ccc(O)c(C(C)(C)C)c1.Cl. The second kappa shape index (κ2) is 22.8. The number of esters is 1. The maximum atomic E-state index is 13.2. The monoisotopic (exact) mass is 735 g/mol. The summed E-state index contributed by atoms with van der Waals surface area (Å²) in [4.78, 5) is 63.6. The predicted octanol–water partition coefficient (Wildman–Crippen LogP) is 2.91. The highest BCUT2D eigenvalue weighted by atomic mass is 35.5. The van der Waals surface area contributed by atoms with Crippen LogP contribution >= 0.6 is 24.2 Å². The number of nitrogens with one attached hydrogen (secondary N) is 4. The summed E-state index contributed by atoms with van der Waals surface area (Å²) in [5.74, 6) is -1.50. The van der Waals surface area contributed by atoms with E-state index in [0.717, 1.165) is 23.1 Å². The van der Waals surface area contributed by atoms with Crippen molar-refractivity contribution in [2.75, 3.05) is 32.2 Å². The van der Waals surface area contributed by atoms with Crippen molar-refractivity contribution in [3.05, 3.63) is 65.2 Å². The Morgan fingerprint density at radius 1 is 0.860 bits per heavy atom. The molecule has 2 aromatic carbocycles. The number of amides is 4. The largest absolute Gasteiger partial charge is 0.508 e. The molecule has 3 atom stereocenters. The lowest BCUT2D eigenvalue weighted by molar-refractivity contribution is -0.140. The fourth-order valence-electron chi connectivity index (χ4n) is 5.04. The van der Waals surface area contributed by atoms with Crippen molar-refractivity contribution >= 4 is 53.8 Å². The van der Waals surface area contributed by atoms with Gasteiger partial charge in [-0.2, -0.15) is 11.8 Å². The van der Waals surface area contributed by atoms with Crippen molar-refractivity contribution in [2.45, 2.75) is 89.3 Å². The zero-order chi connectivity index (χ0) is 36.4.